The number of esters is 1. The van der Waals surface area contributed by atoms with E-state index in [1.54, 1.807) is 12.3 Å². The molecule has 1 fully saturated rings. The molecule has 20 heavy (non-hydrogen) atoms. The summed E-state index contributed by atoms with van der Waals surface area (Å²) in [5, 5.41) is 3.45. The first-order chi connectivity index (χ1) is 9.69. The van der Waals surface area contributed by atoms with E-state index in [2.05, 4.69) is 27.0 Å². The van der Waals surface area contributed by atoms with Crippen LogP contribution in [0.25, 0.3) is 0 Å². The van der Waals surface area contributed by atoms with Crippen molar-refractivity contribution < 1.29 is 9.53 Å². The Labute approximate surface area is 120 Å². The molecule has 1 aliphatic heterocycles. The van der Waals surface area contributed by atoms with Gasteiger partial charge in [-0.2, -0.15) is 0 Å². The lowest BCUT2D eigenvalue weighted by atomic mass is 9.98. The number of carbonyl (C=O) groups excluding carboxylic acids is 1. The number of nitrogens with zero attached hydrogens (tertiary/aromatic N) is 2. The normalized spacial score (nSPS) is 19.8. The van der Waals surface area contributed by atoms with Gasteiger partial charge in [-0.1, -0.05) is 0 Å². The Morgan fingerprint density at radius 2 is 2.40 bits per heavy atom. The lowest BCUT2D eigenvalue weighted by molar-refractivity contribution is 0.0600. The second kappa shape index (κ2) is 7.36. The molecule has 5 nitrogen and oxygen atoms in total. The standard InChI is InChI=1S/C15H23N3O2/c1-18-7-3-4-12(11-18)8-16-10-14-6-5-13(9-17-14)15(19)20-2/h5-6,9,12,16H,3-4,7-8,10-11H2,1-2H3. The number of pyridine rings is 1. The maximum absolute atomic E-state index is 11.3. The predicted molar refractivity (Wildman–Crippen MR) is 77.5 cm³/mol. The molecule has 5 heteroatoms. The molecule has 1 saturated heterocycles. The Kier molecular flexibility index (Phi) is 5.49. The van der Waals surface area contributed by atoms with Gasteiger partial charge in [0.1, 0.15) is 0 Å². The van der Waals surface area contributed by atoms with E-state index >= 15 is 0 Å². The van der Waals surface area contributed by atoms with Crippen molar-refractivity contribution in [3.63, 3.8) is 0 Å². The Morgan fingerprint density at radius 1 is 1.55 bits per heavy atom. The summed E-state index contributed by atoms with van der Waals surface area (Å²) in [5.41, 5.74) is 1.44. The number of carbonyl (C=O) groups is 1. The fourth-order valence-electron chi connectivity index (χ4n) is 2.61. The number of hydrogen-bond acceptors (Lipinski definition) is 5. The molecular weight excluding hydrogens is 254 g/mol. The second-order valence-corrected chi connectivity index (χ2v) is 5.43. The Morgan fingerprint density at radius 3 is 3.05 bits per heavy atom. The fourth-order valence-corrected chi connectivity index (χ4v) is 2.61. The molecule has 0 amide bonds. The van der Waals surface area contributed by atoms with Gasteiger partial charge in [-0.15, -0.1) is 0 Å². The summed E-state index contributed by atoms with van der Waals surface area (Å²) in [6.07, 6.45) is 4.15. The van der Waals surface area contributed by atoms with Gasteiger partial charge < -0.3 is 15.0 Å². The van der Waals surface area contributed by atoms with Crippen molar-refractivity contribution in [3.8, 4) is 0 Å². The molecule has 0 aliphatic carbocycles. The number of rotatable bonds is 5. The summed E-state index contributed by atoms with van der Waals surface area (Å²) in [6.45, 7) is 4.14. The van der Waals surface area contributed by atoms with Crippen molar-refractivity contribution >= 4 is 5.97 Å². The van der Waals surface area contributed by atoms with Crippen molar-refractivity contribution in [1.82, 2.24) is 15.2 Å². The number of hydrogen-bond donors (Lipinski definition) is 1. The first kappa shape index (κ1) is 14.9. The van der Waals surface area contributed by atoms with Crippen molar-refractivity contribution in [2.24, 2.45) is 5.92 Å². The molecular formula is C15H23N3O2. The van der Waals surface area contributed by atoms with Gasteiger partial charge in [-0.25, -0.2) is 4.79 Å². The molecule has 2 heterocycles. The van der Waals surface area contributed by atoms with Gasteiger partial charge in [0.2, 0.25) is 0 Å². The van der Waals surface area contributed by atoms with Crippen LogP contribution in [0.5, 0.6) is 0 Å². The summed E-state index contributed by atoms with van der Waals surface area (Å²) in [5.74, 6) is 0.380. The molecule has 0 radical (unpaired) electrons. The lowest BCUT2D eigenvalue weighted by Gasteiger charge is -2.29. The molecule has 1 atom stereocenters. The molecule has 110 valence electrons. The van der Waals surface area contributed by atoms with Crippen molar-refractivity contribution in [2.45, 2.75) is 19.4 Å². The van der Waals surface area contributed by atoms with Gasteiger partial charge in [-0.05, 0) is 51.0 Å². The van der Waals surface area contributed by atoms with E-state index in [0.29, 0.717) is 5.56 Å². The molecule has 0 bridgehead atoms. The number of ether oxygens (including phenoxy) is 1. The lowest BCUT2D eigenvalue weighted by Crippen LogP contribution is -2.37. The van der Waals surface area contributed by atoms with E-state index in [-0.39, 0.29) is 5.97 Å². The van der Waals surface area contributed by atoms with Crippen LogP contribution in [-0.4, -0.2) is 49.6 Å². The largest absolute Gasteiger partial charge is 0.465 e. The zero-order valence-corrected chi connectivity index (χ0v) is 12.3. The van der Waals surface area contributed by atoms with Gasteiger partial charge in [0.05, 0.1) is 18.4 Å². The molecule has 1 aliphatic rings. The highest BCUT2D eigenvalue weighted by Gasteiger charge is 2.16. The molecule has 0 saturated carbocycles. The third kappa shape index (κ3) is 4.28. The molecule has 1 aromatic heterocycles. The molecule has 1 N–H and O–H groups in total. The topological polar surface area (TPSA) is 54.5 Å². The van der Waals surface area contributed by atoms with Gasteiger partial charge in [-0.3, -0.25) is 4.98 Å². The van der Waals surface area contributed by atoms with Gasteiger partial charge in [0.15, 0.2) is 0 Å². The van der Waals surface area contributed by atoms with Gasteiger partial charge in [0, 0.05) is 19.3 Å². The minimum Gasteiger partial charge on any atom is -0.465 e. The summed E-state index contributed by atoms with van der Waals surface area (Å²) in [4.78, 5) is 18.0. The number of likely N-dealkylation sites (tertiary alicyclic amines) is 1. The Balaban J connectivity index is 1.75. The number of methoxy groups -OCH3 is 1. The first-order valence-electron chi connectivity index (χ1n) is 7.11. The first-order valence-corrected chi connectivity index (χ1v) is 7.11. The summed E-state index contributed by atoms with van der Waals surface area (Å²) >= 11 is 0. The third-order valence-electron chi connectivity index (χ3n) is 3.71. The van der Waals surface area contributed by atoms with Crippen LogP contribution < -0.4 is 5.32 Å². The molecule has 1 aromatic rings. The maximum atomic E-state index is 11.3. The van der Waals surface area contributed by atoms with Crippen LogP contribution in [0.2, 0.25) is 0 Å². The third-order valence-corrected chi connectivity index (χ3v) is 3.71. The summed E-state index contributed by atoms with van der Waals surface area (Å²) in [7, 11) is 3.55. The second-order valence-electron chi connectivity index (χ2n) is 5.43. The van der Waals surface area contributed by atoms with Gasteiger partial charge >= 0.3 is 5.97 Å². The fraction of sp³-hybridized carbons (Fsp3) is 0.600. The van der Waals surface area contributed by atoms with E-state index in [4.69, 9.17) is 0 Å². The molecule has 0 aromatic carbocycles. The van der Waals surface area contributed by atoms with E-state index in [1.165, 1.54) is 33.0 Å². The number of piperidine rings is 1. The van der Waals surface area contributed by atoms with Crippen LogP contribution in [0.1, 0.15) is 28.9 Å². The van der Waals surface area contributed by atoms with Crippen LogP contribution >= 0.6 is 0 Å². The predicted octanol–water partition coefficient (Wildman–Crippen LogP) is 1.30. The van der Waals surface area contributed by atoms with E-state index in [0.717, 1.165) is 24.7 Å². The highest BCUT2D eigenvalue weighted by Crippen LogP contribution is 2.14. The average molecular weight is 277 g/mol. The van der Waals surface area contributed by atoms with Crippen LogP contribution in [0.15, 0.2) is 18.3 Å². The van der Waals surface area contributed by atoms with Crippen molar-refractivity contribution in [2.75, 3.05) is 33.8 Å². The van der Waals surface area contributed by atoms with Crippen LogP contribution in [0, 0.1) is 5.92 Å². The van der Waals surface area contributed by atoms with E-state index < -0.39 is 0 Å². The average Bonchev–Trinajstić information content (AvgIpc) is 2.47. The van der Waals surface area contributed by atoms with Crippen molar-refractivity contribution in [3.05, 3.63) is 29.6 Å². The van der Waals surface area contributed by atoms with Gasteiger partial charge in [0.25, 0.3) is 0 Å². The highest BCUT2D eigenvalue weighted by atomic mass is 16.5. The number of aromatic nitrogens is 1. The Bertz CT molecular complexity index is 433. The zero-order chi connectivity index (χ0) is 14.4. The minimum absolute atomic E-state index is 0.345. The minimum atomic E-state index is -0.345. The number of nitrogens with one attached hydrogen (secondary N) is 1. The summed E-state index contributed by atoms with van der Waals surface area (Å²) in [6, 6.07) is 3.62. The van der Waals surface area contributed by atoms with E-state index in [1.807, 2.05) is 6.07 Å². The highest BCUT2D eigenvalue weighted by molar-refractivity contribution is 5.88. The SMILES string of the molecule is COC(=O)c1ccc(CNCC2CCCN(C)C2)nc1. The quantitative estimate of drug-likeness (QED) is 0.822. The molecule has 0 spiro atoms. The van der Waals surface area contributed by atoms with E-state index in [9.17, 15) is 4.79 Å². The summed E-state index contributed by atoms with van der Waals surface area (Å²) < 4.78 is 4.65. The smallest absolute Gasteiger partial charge is 0.339 e. The van der Waals surface area contributed by atoms with Crippen LogP contribution in [0.3, 0.4) is 0 Å². The maximum Gasteiger partial charge on any atom is 0.339 e. The van der Waals surface area contributed by atoms with Crippen LogP contribution in [0.4, 0.5) is 0 Å². The van der Waals surface area contributed by atoms with Crippen molar-refractivity contribution in [1.29, 1.82) is 0 Å². The Hall–Kier alpha value is -1.46. The monoisotopic (exact) mass is 277 g/mol. The molecule has 2 rings (SSSR count). The molecule has 1 unspecified atom stereocenters. The van der Waals surface area contributed by atoms with Crippen LogP contribution in [-0.2, 0) is 11.3 Å². The zero-order valence-electron chi connectivity index (χ0n) is 12.3.